The van der Waals surface area contributed by atoms with Crippen LogP contribution < -0.4 is 10.5 Å². The fraction of sp³-hybridized carbons (Fsp3) is 0.222. The first-order valence-corrected chi connectivity index (χ1v) is 7.35. The minimum absolute atomic E-state index is 0.125. The molecule has 3 N–H and O–H groups in total. The summed E-state index contributed by atoms with van der Waals surface area (Å²) in [6.45, 7) is 1.87. The molecular formula is C9H11N5O2S2. The van der Waals surface area contributed by atoms with E-state index < -0.39 is 10.0 Å². The number of hydrogen-bond donors (Lipinski definition) is 2. The van der Waals surface area contributed by atoms with Gasteiger partial charge in [-0.3, -0.25) is 4.72 Å². The van der Waals surface area contributed by atoms with Gasteiger partial charge in [0.1, 0.15) is 0 Å². The lowest BCUT2D eigenvalue weighted by Crippen LogP contribution is -2.15. The van der Waals surface area contributed by atoms with Gasteiger partial charge >= 0.3 is 0 Å². The van der Waals surface area contributed by atoms with Gasteiger partial charge in [0, 0.05) is 17.2 Å². The van der Waals surface area contributed by atoms with Crippen LogP contribution in [0.25, 0.3) is 0 Å². The maximum atomic E-state index is 12.2. The topological polar surface area (TPSA) is 111 Å². The Balaban J connectivity index is 2.43. The van der Waals surface area contributed by atoms with Gasteiger partial charge in [-0.05, 0) is 29.3 Å². The van der Waals surface area contributed by atoms with Gasteiger partial charge < -0.3 is 5.73 Å². The summed E-state index contributed by atoms with van der Waals surface area (Å²) in [6.07, 6.45) is 0.588. The standard InChI is InChI=1S/C9H11N5O2S2/c1-2-6-3-4-7(10)5-8(6)18(15,16)12-9-11-13-14-17-9/h3-5H,2,10H2,1H3,(H,11,12,14). The Bertz CT molecular complexity index is 639. The maximum absolute atomic E-state index is 12.2. The third kappa shape index (κ3) is 2.57. The summed E-state index contributed by atoms with van der Waals surface area (Å²) in [5.41, 5.74) is 6.70. The molecule has 0 atom stereocenters. The summed E-state index contributed by atoms with van der Waals surface area (Å²) in [6, 6.07) is 4.79. The summed E-state index contributed by atoms with van der Waals surface area (Å²) in [4.78, 5) is 0.153. The summed E-state index contributed by atoms with van der Waals surface area (Å²) >= 11 is 0.868. The average Bonchev–Trinajstić information content (AvgIpc) is 2.81. The Morgan fingerprint density at radius 1 is 1.44 bits per heavy atom. The molecule has 7 nitrogen and oxygen atoms in total. The predicted molar refractivity (Wildman–Crippen MR) is 68.7 cm³/mol. The number of nitrogens with two attached hydrogens (primary N) is 1. The van der Waals surface area contributed by atoms with Gasteiger partial charge in [0.25, 0.3) is 10.0 Å². The zero-order chi connectivity index (χ0) is 13.2. The molecule has 0 saturated heterocycles. The highest BCUT2D eigenvalue weighted by molar-refractivity contribution is 7.93. The van der Waals surface area contributed by atoms with Crippen LogP contribution in [0.2, 0.25) is 0 Å². The number of anilines is 2. The van der Waals surface area contributed by atoms with E-state index in [0.717, 1.165) is 11.5 Å². The lowest BCUT2D eigenvalue weighted by Gasteiger charge is -2.09. The summed E-state index contributed by atoms with van der Waals surface area (Å²) in [5.74, 6) is 0. The van der Waals surface area contributed by atoms with Crippen LogP contribution in [0.5, 0.6) is 0 Å². The first kappa shape index (κ1) is 12.7. The molecule has 2 aromatic rings. The molecule has 0 amide bonds. The number of nitrogens with one attached hydrogen (secondary N) is 1. The number of nitrogens with zero attached hydrogens (tertiary/aromatic N) is 3. The highest BCUT2D eigenvalue weighted by atomic mass is 32.2. The van der Waals surface area contributed by atoms with Crippen molar-refractivity contribution < 1.29 is 8.42 Å². The first-order chi connectivity index (χ1) is 8.53. The molecule has 0 fully saturated rings. The van der Waals surface area contributed by atoms with Crippen molar-refractivity contribution in [1.82, 2.24) is 14.8 Å². The molecule has 1 heterocycles. The third-order valence-electron chi connectivity index (χ3n) is 2.28. The number of aromatic nitrogens is 3. The molecule has 0 aliphatic heterocycles. The Morgan fingerprint density at radius 2 is 2.22 bits per heavy atom. The van der Waals surface area contributed by atoms with E-state index in [4.69, 9.17) is 5.73 Å². The van der Waals surface area contributed by atoms with Crippen molar-refractivity contribution in [2.45, 2.75) is 18.2 Å². The molecular weight excluding hydrogens is 274 g/mol. The molecule has 0 aliphatic carbocycles. The maximum Gasteiger partial charge on any atom is 0.264 e. The Morgan fingerprint density at radius 3 is 2.83 bits per heavy atom. The lowest BCUT2D eigenvalue weighted by atomic mass is 10.1. The lowest BCUT2D eigenvalue weighted by molar-refractivity contribution is 0.600. The number of benzene rings is 1. The highest BCUT2D eigenvalue weighted by Gasteiger charge is 2.19. The van der Waals surface area contributed by atoms with Crippen molar-refractivity contribution in [2.75, 3.05) is 10.5 Å². The van der Waals surface area contributed by atoms with Crippen molar-refractivity contribution in [2.24, 2.45) is 0 Å². The Labute approximate surface area is 108 Å². The van der Waals surface area contributed by atoms with E-state index in [1.165, 1.54) is 6.07 Å². The molecule has 0 unspecified atom stereocenters. The molecule has 1 aromatic heterocycles. The molecule has 0 bridgehead atoms. The molecule has 1 aromatic carbocycles. The van der Waals surface area contributed by atoms with Crippen LogP contribution in [-0.4, -0.2) is 23.2 Å². The Kier molecular flexibility index (Phi) is 3.43. The number of rotatable bonds is 4. The second-order valence-electron chi connectivity index (χ2n) is 3.49. The van der Waals surface area contributed by atoms with Crippen molar-refractivity contribution in [3.63, 3.8) is 0 Å². The summed E-state index contributed by atoms with van der Waals surface area (Å²) < 4.78 is 30.2. The van der Waals surface area contributed by atoms with Crippen LogP contribution in [0.15, 0.2) is 23.1 Å². The van der Waals surface area contributed by atoms with E-state index in [1.54, 1.807) is 12.1 Å². The highest BCUT2D eigenvalue weighted by Crippen LogP contribution is 2.22. The second kappa shape index (κ2) is 4.86. The molecule has 2 rings (SSSR count). The van der Waals surface area contributed by atoms with Gasteiger partial charge in [0.2, 0.25) is 5.13 Å². The number of aryl methyl sites for hydroxylation is 1. The number of hydrogen-bond acceptors (Lipinski definition) is 7. The van der Waals surface area contributed by atoms with E-state index >= 15 is 0 Å². The van der Waals surface area contributed by atoms with Crippen molar-refractivity contribution in [3.8, 4) is 0 Å². The Hall–Kier alpha value is -1.74. The van der Waals surface area contributed by atoms with Crippen LogP contribution in [0.4, 0.5) is 10.8 Å². The van der Waals surface area contributed by atoms with Crippen LogP contribution in [0.1, 0.15) is 12.5 Å². The van der Waals surface area contributed by atoms with Crippen LogP contribution >= 0.6 is 11.5 Å². The zero-order valence-corrected chi connectivity index (χ0v) is 11.1. The third-order valence-corrected chi connectivity index (χ3v) is 4.34. The quantitative estimate of drug-likeness (QED) is 0.807. The monoisotopic (exact) mass is 285 g/mol. The van der Waals surface area contributed by atoms with E-state index in [-0.39, 0.29) is 10.0 Å². The summed E-state index contributed by atoms with van der Waals surface area (Å²) in [5, 5.41) is 6.99. The first-order valence-electron chi connectivity index (χ1n) is 5.09. The van der Waals surface area contributed by atoms with E-state index in [9.17, 15) is 8.42 Å². The fourth-order valence-electron chi connectivity index (χ4n) is 1.46. The number of nitrogen functional groups attached to an aromatic ring is 1. The van der Waals surface area contributed by atoms with E-state index in [0.29, 0.717) is 17.7 Å². The molecule has 18 heavy (non-hydrogen) atoms. The van der Waals surface area contributed by atoms with Crippen molar-refractivity contribution >= 4 is 32.4 Å². The molecule has 9 heteroatoms. The predicted octanol–water partition coefficient (Wildman–Crippen LogP) is 0.878. The zero-order valence-electron chi connectivity index (χ0n) is 9.49. The van der Waals surface area contributed by atoms with Crippen LogP contribution in [0, 0.1) is 0 Å². The second-order valence-corrected chi connectivity index (χ2v) is 5.88. The molecule has 0 radical (unpaired) electrons. The van der Waals surface area contributed by atoms with Crippen LogP contribution in [-0.2, 0) is 16.4 Å². The molecule has 0 spiro atoms. The van der Waals surface area contributed by atoms with Gasteiger partial charge in [0.05, 0.1) is 4.90 Å². The van der Waals surface area contributed by atoms with Gasteiger partial charge in [-0.15, -0.1) is 0 Å². The average molecular weight is 285 g/mol. The smallest absolute Gasteiger partial charge is 0.264 e. The largest absolute Gasteiger partial charge is 0.399 e. The SMILES string of the molecule is CCc1ccc(N)cc1S(=O)(=O)Nc1nnns1. The minimum Gasteiger partial charge on any atom is -0.399 e. The number of sulfonamides is 1. The van der Waals surface area contributed by atoms with Crippen molar-refractivity contribution in [1.29, 1.82) is 0 Å². The van der Waals surface area contributed by atoms with Crippen LogP contribution in [0.3, 0.4) is 0 Å². The fourth-order valence-corrected chi connectivity index (χ4v) is 3.39. The van der Waals surface area contributed by atoms with Crippen molar-refractivity contribution in [3.05, 3.63) is 23.8 Å². The van der Waals surface area contributed by atoms with E-state index in [1.807, 2.05) is 6.92 Å². The summed E-state index contributed by atoms with van der Waals surface area (Å²) in [7, 11) is -3.71. The van der Waals surface area contributed by atoms with E-state index in [2.05, 4.69) is 19.5 Å². The normalized spacial score (nSPS) is 11.4. The van der Waals surface area contributed by atoms with Gasteiger partial charge in [-0.25, -0.2) is 8.42 Å². The molecule has 96 valence electrons. The minimum atomic E-state index is -3.71. The van der Waals surface area contributed by atoms with Gasteiger partial charge in [-0.2, -0.15) is 0 Å². The molecule has 0 aliphatic rings. The van der Waals surface area contributed by atoms with Gasteiger partial charge in [0.15, 0.2) is 0 Å². The van der Waals surface area contributed by atoms with Gasteiger partial charge in [-0.1, -0.05) is 22.6 Å². The molecule has 0 saturated carbocycles.